The van der Waals surface area contributed by atoms with Crippen LogP contribution in [-0.2, 0) is 14.8 Å². The van der Waals surface area contributed by atoms with Crippen LogP contribution in [0, 0.1) is 5.92 Å². The molecule has 0 saturated carbocycles. The van der Waals surface area contributed by atoms with Crippen LogP contribution >= 0.6 is 15.9 Å². The van der Waals surface area contributed by atoms with Gasteiger partial charge in [-0.25, -0.2) is 13.1 Å². The molecule has 152 valence electrons. The molecule has 0 fully saturated rings. The molecule has 0 radical (unpaired) electrons. The van der Waals surface area contributed by atoms with Gasteiger partial charge < -0.3 is 10.1 Å². The van der Waals surface area contributed by atoms with Crippen molar-refractivity contribution in [1.29, 1.82) is 0 Å². The Kier molecular flexibility index (Phi) is 8.03. The third-order valence-electron chi connectivity index (χ3n) is 3.93. The number of hydrogen-bond donors (Lipinski definition) is 2. The van der Waals surface area contributed by atoms with Gasteiger partial charge in [-0.3, -0.25) is 4.79 Å². The maximum atomic E-state index is 12.2. The number of hydrogen-bond acceptors (Lipinski definition) is 4. The summed E-state index contributed by atoms with van der Waals surface area (Å²) in [5.74, 6) is 0.385. The quantitative estimate of drug-likeness (QED) is 0.588. The summed E-state index contributed by atoms with van der Waals surface area (Å²) in [6.07, 6.45) is 0. The highest BCUT2D eigenvalue weighted by molar-refractivity contribution is 9.10. The van der Waals surface area contributed by atoms with Crippen molar-refractivity contribution in [2.24, 2.45) is 5.92 Å². The molecule has 0 spiro atoms. The Balaban J connectivity index is 1.87. The first-order chi connectivity index (χ1) is 13.2. The molecule has 2 N–H and O–H groups in total. The van der Waals surface area contributed by atoms with Crippen molar-refractivity contribution >= 4 is 31.9 Å². The van der Waals surface area contributed by atoms with Gasteiger partial charge in [0, 0.05) is 11.0 Å². The fourth-order valence-corrected chi connectivity index (χ4v) is 3.82. The van der Waals surface area contributed by atoms with E-state index in [0.717, 1.165) is 10.0 Å². The second kappa shape index (κ2) is 10.0. The van der Waals surface area contributed by atoms with Crippen LogP contribution in [0.4, 0.5) is 0 Å². The van der Waals surface area contributed by atoms with Gasteiger partial charge in [-0.05, 0) is 54.8 Å². The number of halogens is 1. The number of sulfonamides is 1. The van der Waals surface area contributed by atoms with Crippen LogP contribution in [0.2, 0.25) is 0 Å². The van der Waals surface area contributed by atoms with E-state index in [9.17, 15) is 13.2 Å². The summed E-state index contributed by atoms with van der Waals surface area (Å²) in [5.41, 5.74) is 0.986. The topological polar surface area (TPSA) is 84.5 Å². The van der Waals surface area contributed by atoms with Crippen LogP contribution in [0.1, 0.15) is 32.4 Å². The van der Waals surface area contributed by atoms with Crippen molar-refractivity contribution in [3.05, 3.63) is 58.6 Å². The largest absolute Gasteiger partial charge is 0.484 e. The molecule has 1 amide bonds. The maximum Gasteiger partial charge on any atom is 0.258 e. The summed E-state index contributed by atoms with van der Waals surface area (Å²) in [6.45, 7) is 5.98. The van der Waals surface area contributed by atoms with Crippen molar-refractivity contribution in [1.82, 2.24) is 10.0 Å². The first-order valence-electron chi connectivity index (χ1n) is 8.94. The summed E-state index contributed by atoms with van der Waals surface area (Å²) in [6, 6.07) is 13.5. The third-order valence-corrected chi connectivity index (χ3v) is 5.90. The lowest BCUT2D eigenvalue weighted by atomic mass is 10.1. The van der Waals surface area contributed by atoms with Gasteiger partial charge in [-0.15, -0.1) is 0 Å². The van der Waals surface area contributed by atoms with E-state index in [4.69, 9.17) is 4.74 Å². The maximum absolute atomic E-state index is 12.2. The third kappa shape index (κ3) is 6.92. The number of nitrogens with one attached hydrogen (secondary N) is 2. The molecule has 0 aliphatic heterocycles. The van der Waals surface area contributed by atoms with Crippen LogP contribution < -0.4 is 14.8 Å². The summed E-state index contributed by atoms with van der Waals surface area (Å²) in [5, 5.41) is 2.86. The Morgan fingerprint density at radius 3 is 2.21 bits per heavy atom. The lowest BCUT2D eigenvalue weighted by Crippen LogP contribution is -2.31. The molecule has 28 heavy (non-hydrogen) atoms. The monoisotopic (exact) mass is 468 g/mol. The average Bonchev–Trinajstić information content (AvgIpc) is 2.65. The number of rotatable bonds is 9. The summed E-state index contributed by atoms with van der Waals surface area (Å²) in [7, 11) is -3.54. The highest BCUT2D eigenvalue weighted by Gasteiger charge is 2.14. The zero-order valence-corrected chi connectivity index (χ0v) is 18.5. The number of carbonyl (C=O) groups excluding carboxylic acids is 1. The minimum absolute atomic E-state index is 0.149. The van der Waals surface area contributed by atoms with E-state index in [-0.39, 0.29) is 29.4 Å². The van der Waals surface area contributed by atoms with Crippen molar-refractivity contribution in [3.63, 3.8) is 0 Å². The van der Waals surface area contributed by atoms with Crippen LogP contribution in [-0.4, -0.2) is 27.5 Å². The molecule has 2 aromatic rings. The van der Waals surface area contributed by atoms with E-state index in [2.05, 4.69) is 26.0 Å². The van der Waals surface area contributed by atoms with Crippen molar-refractivity contribution in [3.8, 4) is 5.75 Å². The molecule has 0 bridgehead atoms. The Morgan fingerprint density at radius 2 is 1.64 bits per heavy atom. The molecule has 0 aromatic heterocycles. The smallest absolute Gasteiger partial charge is 0.258 e. The van der Waals surface area contributed by atoms with Gasteiger partial charge in [-0.2, -0.15) is 0 Å². The summed E-state index contributed by atoms with van der Waals surface area (Å²) < 4.78 is 33.3. The summed E-state index contributed by atoms with van der Waals surface area (Å²) in [4.78, 5) is 12.3. The molecule has 2 rings (SSSR count). The molecular formula is C20H25BrN2O4S. The standard InChI is InChI=1S/C20H25BrN2O4S/c1-14(2)12-22-28(25,26)19-10-8-18(9-11-19)27-13-20(24)23-15(3)16-4-6-17(21)7-5-16/h4-11,14-15,22H,12-13H2,1-3H3,(H,23,24)/t15-/m0/s1. The minimum Gasteiger partial charge on any atom is -0.484 e. The first-order valence-corrected chi connectivity index (χ1v) is 11.2. The van der Waals surface area contributed by atoms with Crippen molar-refractivity contribution < 1.29 is 17.9 Å². The van der Waals surface area contributed by atoms with E-state index in [1.54, 1.807) is 0 Å². The van der Waals surface area contributed by atoms with Gasteiger partial charge in [0.25, 0.3) is 5.91 Å². The zero-order chi connectivity index (χ0) is 20.7. The van der Waals surface area contributed by atoms with E-state index < -0.39 is 10.0 Å². The Morgan fingerprint density at radius 1 is 1.04 bits per heavy atom. The molecule has 2 aromatic carbocycles. The molecule has 0 aliphatic carbocycles. The molecule has 0 saturated heterocycles. The Hall–Kier alpha value is -1.90. The molecule has 8 heteroatoms. The van der Waals surface area contributed by atoms with Crippen molar-refractivity contribution in [2.45, 2.75) is 31.7 Å². The summed E-state index contributed by atoms with van der Waals surface area (Å²) >= 11 is 3.38. The molecule has 1 atom stereocenters. The lowest BCUT2D eigenvalue weighted by Gasteiger charge is -2.15. The first kappa shape index (κ1) is 22.4. The highest BCUT2D eigenvalue weighted by atomic mass is 79.9. The predicted octanol–water partition coefficient (Wildman–Crippen LogP) is 3.64. The predicted molar refractivity (Wildman–Crippen MR) is 113 cm³/mol. The minimum atomic E-state index is -3.54. The molecular weight excluding hydrogens is 444 g/mol. The fraction of sp³-hybridized carbons (Fsp3) is 0.350. The van der Waals surface area contributed by atoms with Gasteiger partial charge in [-0.1, -0.05) is 41.9 Å². The SMILES string of the molecule is CC(C)CNS(=O)(=O)c1ccc(OCC(=O)N[C@@H](C)c2ccc(Br)cc2)cc1. The second-order valence-corrected chi connectivity index (χ2v) is 9.53. The van der Waals surface area contributed by atoms with Crippen LogP contribution in [0.15, 0.2) is 57.9 Å². The molecule has 6 nitrogen and oxygen atoms in total. The van der Waals surface area contributed by atoms with Gasteiger partial charge in [0.1, 0.15) is 5.75 Å². The Labute approximate surface area is 174 Å². The Bertz CT molecular complexity index is 881. The van der Waals surface area contributed by atoms with Crippen LogP contribution in [0.3, 0.4) is 0 Å². The van der Waals surface area contributed by atoms with Gasteiger partial charge in [0.15, 0.2) is 6.61 Å². The van der Waals surface area contributed by atoms with E-state index >= 15 is 0 Å². The van der Waals surface area contributed by atoms with Crippen LogP contribution in [0.25, 0.3) is 0 Å². The number of carbonyl (C=O) groups is 1. The van der Waals surface area contributed by atoms with E-state index in [0.29, 0.717) is 12.3 Å². The fourth-order valence-electron chi connectivity index (χ4n) is 2.34. The van der Waals surface area contributed by atoms with Gasteiger partial charge in [0.05, 0.1) is 10.9 Å². The number of ether oxygens (including phenoxy) is 1. The molecule has 0 heterocycles. The molecule has 0 aliphatic rings. The number of benzene rings is 2. The van der Waals surface area contributed by atoms with Crippen LogP contribution in [0.5, 0.6) is 5.75 Å². The average molecular weight is 469 g/mol. The van der Waals surface area contributed by atoms with Gasteiger partial charge in [0.2, 0.25) is 10.0 Å². The lowest BCUT2D eigenvalue weighted by molar-refractivity contribution is -0.123. The molecule has 0 unspecified atom stereocenters. The normalized spacial score (nSPS) is 12.6. The van der Waals surface area contributed by atoms with Gasteiger partial charge >= 0.3 is 0 Å². The zero-order valence-electron chi connectivity index (χ0n) is 16.1. The second-order valence-electron chi connectivity index (χ2n) is 6.85. The van der Waals surface area contributed by atoms with E-state index in [1.807, 2.05) is 45.0 Å². The van der Waals surface area contributed by atoms with E-state index in [1.165, 1.54) is 24.3 Å². The van der Waals surface area contributed by atoms with Crippen molar-refractivity contribution in [2.75, 3.05) is 13.2 Å². The highest BCUT2D eigenvalue weighted by Crippen LogP contribution is 2.18. The number of amides is 1.